The second kappa shape index (κ2) is 4.81. The van der Waals surface area contributed by atoms with Crippen molar-refractivity contribution in [2.75, 3.05) is 0 Å². The molecule has 0 amide bonds. The van der Waals surface area contributed by atoms with Crippen LogP contribution >= 0.6 is 15.9 Å². The molecule has 1 aromatic heterocycles. The number of rotatable bonds is 2. The monoisotopic (exact) mass is 310 g/mol. The number of nitrogens with one attached hydrogen (secondary N) is 2. The lowest BCUT2D eigenvalue weighted by Crippen LogP contribution is -2.27. The van der Waals surface area contributed by atoms with Crippen LogP contribution in [0.1, 0.15) is 16.8 Å². The van der Waals surface area contributed by atoms with E-state index in [-0.39, 0.29) is 12.2 Å². The maximum absolute atomic E-state index is 11.7. The number of phenols is 1. The molecule has 18 heavy (non-hydrogen) atoms. The van der Waals surface area contributed by atoms with Crippen LogP contribution < -0.4 is 11.2 Å². The normalized spacial score (nSPS) is 10.6. The Morgan fingerprint density at radius 3 is 2.67 bits per heavy atom. The molecule has 0 bridgehead atoms. The van der Waals surface area contributed by atoms with Crippen molar-refractivity contribution in [1.29, 1.82) is 0 Å². The summed E-state index contributed by atoms with van der Waals surface area (Å²) in [5, 5.41) is 9.73. The molecule has 2 aromatic rings. The molecule has 5 nitrogen and oxygen atoms in total. The molecule has 0 spiro atoms. The molecule has 0 aliphatic heterocycles. The first-order chi connectivity index (χ1) is 8.47. The molecular weight excluding hydrogens is 300 g/mol. The fraction of sp³-hybridized carbons (Fsp3) is 0.167. The maximum Gasteiger partial charge on any atom is 0.325 e. The Morgan fingerprint density at radius 1 is 1.28 bits per heavy atom. The first kappa shape index (κ1) is 12.6. The number of aromatic nitrogens is 2. The van der Waals surface area contributed by atoms with Crippen molar-refractivity contribution in [2.45, 2.75) is 13.3 Å². The van der Waals surface area contributed by atoms with Crippen LogP contribution in [0.3, 0.4) is 0 Å². The van der Waals surface area contributed by atoms with Gasteiger partial charge in [0, 0.05) is 22.2 Å². The van der Waals surface area contributed by atoms with Gasteiger partial charge in [0.15, 0.2) is 0 Å². The molecule has 1 heterocycles. The van der Waals surface area contributed by atoms with Crippen LogP contribution in [0.15, 0.2) is 32.3 Å². The first-order valence-corrected chi connectivity index (χ1v) is 6.06. The SMILES string of the molecule is Cc1[nH]c(=O)[nH]c(=O)c1Cc1cc(Br)ccc1O. The number of aromatic hydroxyl groups is 1. The Balaban J connectivity index is 2.49. The summed E-state index contributed by atoms with van der Waals surface area (Å²) >= 11 is 3.30. The van der Waals surface area contributed by atoms with Gasteiger partial charge < -0.3 is 10.1 Å². The molecule has 0 aliphatic carbocycles. The van der Waals surface area contributed by atoms with Gasteiger partial charge in [-0.3, -0.25) is 9.78 Å². The van der Waals surface area contributed by atoms with Crippen LogP contribution in [0, 0.1) is 6.92 Å². The third kappa shape index (κ3) is 2.53. The molecular formula is C12H11BrN2O3. The van der Waals surface area contributed by atoms with Crippen LogP contribution in [-0.4, -0.2) is 15.1 Å². The average Bonchev–Trinajstić information content (AvgIpc) is 2.28. The van der Waals surface area contributed by atoms with E-state index in [1.54, 1.807) is 25.1 Å². The van der Waals surface area contributed by atoms with E-state index >= 15 is 0 Å². The van der Waals surface area contributed by atoms with Crippen molar-refractivity contribution < 1.29 is 5.11 Å². The van der Waals surface area contributed by atoms with Crippen molar-refractivity contribution in [1.82, 2.24) is 9.97 Å². The standard InChI is InChI=1S/C12H11BrN2O3/c1-6-9(11(17)15-12(18)14-6)5-7-4-8(13)2-3-10(7)16/h2-4,16H,5H2,1H3,(H2,14,15,17,18). The van der Waals surface area contributed by atoms with Gasteiger partial charge >= 0.3 is 5.69 Å². The maximum atomic E-state index is 11.7. The molecule has 3 N–H and O–H groups in total. The molecule has 6 heteroatoms. The van der Waals surface area contributed by atoms with E-state index in [0.717, 1.165) is 4.47 Å². The number of halogens is 1. The van der Waals surface area contributed by atoms with Crippen molar-refractivity contribution in [3.63, 3.8) is 0 Å². The lowest BCUT2D eigenvalue weighted by molar-refractivity contribution is 0.469. The molecule has 0 fully saturated rings. The van der Waals surface area contributed by atoms with Gasteiger partial charge in [-0.05, 0) is 30.7 Å². The van der Waals surface area contributed by atoms with Crippen LogP contribution in [0.4, 0.5) is 0 Å². The van der Waals surface area contributed by atoms with E-state index in [4.69, 9.17) is 0 Å². The van der Waals surface area contributed by atoms with Gasteiger partial charge in [-0.2, -0.15) is 0 Å². The Labute approximate surface area is 111 Å². The number of hydrogen-bond acceptors (Lipinski definition) is 3. The van der Waals surface area contributed by atoms with Gasteiger partial charge in [0.05, 0.1) is 0 Å². The summed E-state index contributed by atoms with van der Waals surface area (Å²) in [6, 6.07) is 5.00. The largest absolute Gasteiger partial charge is 0.508 e. The number of H-pyrrole nitrogens is 2. The van der Waals surface area contributed by atoms with Crippen LogP contribution in [-0.2, 0) is 6.42 Å². The van der Waals surface area contributed by atoms with Crippen molar-refractivity contribution in [3.05, 3.63) is 60.3 Å². The minimum Gasteiger partial charge on any atom is -0.508 e. The third-order valence-corrected chi connectivity index (χ3v) is 3.16. The van der Waals surface area contributed by atoms with Gasteiger partial charge in [-0.25, -0.2) is 4.79 Å². The molecule has 0 saturated carbocycles. The number of benzene rings is 1. The van der Waals surface area contributed by atoms with Crippen LogP contribution in [0.25, 0.3) is 0 Å². The zero-order valence-corrected chi connectivity index (χ0v) is 11.2. The summed E-state index contributed by atoms with van der Waals surface area (Å²) in [5.74, 6) is 0.114. The highest BCUT2D eigenvalue weighted by atomic mass is 79.9. The average molecular weight is 311 g/mol. The van der Waals surface area contributed by atoms with E-state index in [0.29, 0.717) is 16.8 Å². The third-order valence-electron chi connectivity index (χ3n) is 2.66. The number of aromatic amines is 2. The highest BCUT2D eigenvalue weighted by Gasteiger charge is 2.10. The predicted octanol–water partition coefficient (Wildman–Crippen LogP) is 1.43. The molecule has 94 valence electrons. The molecule has 2 rings (SSSR count). The van der Waals surface area contributed by atoms with Gasteiger partial charge in [0.1, 0.15) is 5.75 Å². The molecule has 1 aromatic carbocycles. The molecule has 0 radical (unpaired) electrons. The number of hydrogen-bond donors (Lipinski definition) is 3. The predicted molar refractivity (Wildman–Crippen MR) is 71.0 cm³/mol. The van der Waals surface area contributed by atoms with E-state index in [1.165, 1.54) is 0 Å². The van der Waals surface area contributed by atoms with Crippen molar-refractivity contribution in [2.24, 2.45) is 0 Å². The summed E-state index contributed by atoms with van der Waals surface area (Å²) in [7, 11) is 0. The zero-order valence-electron chi connectivity index (χ0n) is 9.58. The Hall–Kier alpha value is -1.82. The smallest absolute Gasteiger partial charge is 0.325 e. The number of phenolic OH excluding ortho intramolecular Hbond substituents is 1. The minimum absolute atomic E-state index is 0.114. The summed E-state index contributed by atoms with van der Waals surface area (Å²) in [6.07, 6.45) is 0.253. The minimum atomic E-state index is -0.528. The topological polar surface area (TPSA) is 86.0 Å². The fourth-order valence-electron chi connectivity index (χ4n) is 1.72. The molecule has 0 saturated heterocycles. The zero-order chi connectivity index (χ0) is 13.3. The lowest BCUT2D eigenvalue weighted by Gasteiger charge is -2.06. The summed E-state index contributed by atoms with van der Waals surface area (Å²) < 4.78 is 0.814. The Bertz CT molecular complexity index is 703. The molecule has 0 atom stereocenters. The number of aryl methyl sites for hydroxylation is 1. The second-order valence-corrected chi connectivity index (χ2v) is 4.88. The highest BCUT2D eigenvalue weighted by molar-refractivity contribution is 9.10. The van der Waals surface area contributed by atoms with Crippen LogP contribution in [0.5, 0.6) is 5.75 Å². The molecule has 0 unspecified atom stereocenters. The van der Waals surface area contributed by atoms with Crippen molar-refractivity contribution >= 4 is 15.9 Å². The van der Waals surface area contributed by atoms with E-state index in [1.807, 2.05) is 0 Å². The van der Waals surface area contributed by atoms with Gasteiger partial charge in [0.25, 0.3) is 5.56 Å². The highest BCUT2D eigenvalue weighted by Crippen LogP contribution is 2.23. The van der Waals surface area contributed by atoms with Crippen molar-refractivity contribution in [3.8, 4) is 5.75 Å². The summed E-state index contributed by atoms with van der Waals surface area (Å²) in [6.45, 7) is 1.65. The quantitative estimate of drug-likeness (QED) is 0.784. The van der Waals surface area contributed by atoms with Gasteiger partial charge in [0.2, 0.25) is 0 Å². The van der Waals surface area contributed by atoms with Gasteiger partial charge in [-0.1, -0.05) is 15.9 Å². The van der Waals surface area contributed by atoms with Gasteiger partial charge in [-0.15, -0.1) is 0 Å². The second-order valence-electron chi connectivity index (χ2n) is 3.96. The van der Waals surface area contributed by atoms with E-state index < -0.39 is 11.2 Å². The molecule has 0 aliphatic rings. The first-order valence-electron chi connectivity index (χ1n) is 5.27. The lowest BCUT2D eigenvalue weighted by atomic mass is 10.0. The Kier molecular flexibility index (Phi) is 3.38. The summed E-state index contributed by atoms with van der Waals surface area (Å²) in [5.41, 5.74) is 0.589. The van der Waals surface area contributed by atoms with E-state index in [9.17, 15) is 14.7 Å². The van der Waals surface area contributed by atoms with Crippen LogP contribution in [0.2, 0.25) is 0 Å². The van der Waals surface area contributed by atoms with E-state index in [2.05, 4.69) is 25.9 Å². The fourth-order valence-corrected chi connectivity index (χ4v) is 2.13. The summed E-state index contributed by atoms with van der Waals surface area (Å²) in [4.78, 5) is 27.5. The Morgan fingerprint density at radius 2 is 2.00 bits per heavy atom.